The van der Waals surface area contributed by atoms with Gasteiger partial charge in [-0.05, 0) is 53.4 Å². The second-order valence-electron chi connectivity index (χ2n) is 5.58. The fraction of sp³-hybridized carbons (Fsp3) is 0.222. The van der Waals surface area contributed by atoms with E-state index in [2.05, 4.69) is 5.32 Å². The van der Waals surface area contributed by atoms with Gasteiger partial charge in [-0.15, -0.1) is 0 Å². The Morgan fingerprint density at radius 2 is 2.17 bits per heavy atom. The van der Waals surface area contributed by atoms with Crippen molar-refractivity contribution in [3.63, 3.8) is 0 Å². The maximum absolute atomic E-state index is 12.1. The molecule has 0 aliphatic heterocycles. The van der Waals surface area contributed by atoms with Crippen molar-refractivity contribution in [3.8, 4) is 5.75 Å². The Morgan fingerprint density at radius 3 is 2.92 bits per heavy atom. The summed E-state index contributed by atoms with van der Waals surface area (Å²) in [6.07, 6.45) is 0.744. The Morgan fingerprint density at radius 1 is 1.33 bits per heavy atom. The molecule has 0 aliphatic rings. The van der Waals surface area contributed by atoms with E-state index in [1.165, 1.54) is 17.7 Å². The van der Waals surface area contributed by atoms with Crippen LogP contribution in [0.4, 0.5) is 0 Å². The predicted octanol–water partition coefficient (Wildman–Crippen LogP) is 2.77. The van der Waals surface area contributed by atoms with E-state index in [9.17, 15) is 14.7 Å². The van der Waals surface area contributed by atoms with Crippen LogP contribution < -0.4 is 10.9 Å². The lowest BCUT2D eigenvalue weighted by Crippen LogP contribution is -2.29. The van der Waals surface area contributed by atoms with Gasteiger partial charge in [0.2, 0.25) is 5.91 Å². The van der Waals surface area contributed by atoms with Gasteiger partial charge in [-0.1, -0.05) is 0 Å². The standard InChI is InChI=1S/C18H17NO4S/c1-11-14-3-2-13(20)8-16(14)23-18(22)15(11)9-17(21)19-6-4-12-5-7-24-10-12/h2-3,5,7-8,10,20H,4,6,9H2,1H3,(H,19,21). The molecule has 0 bridgehead atoms. The number of rotatable bonds is 5. The van der Waals surface area contributed by atoms with Crippen LogP contribution in [-0.4, -0.2) is 17.6 Å². The summed E-state index contributed by atoms with van der Waals surface area (Å²) < 4.78 is 5.22. The number of carbonyl (C=O) groups excluding carboxylic acids is 1. The van der Waals surface area contributed by atoms with E-state index in [1.807, 2.05) is 16.8 Å². The highest BCUT2D eigenvalue weighted by atomic mass is 32.1. The minimum Gasteiger partial charge on any atom is -0.508 e. The molecule has 3 rings (SSSR count). The van der Waals surface area contributed by atoms with Crippen molar-refractivity contribution in [1.82, 2.24) is 5.32 Å². The molecule has 6 heteroatoms. The Kier molecular flexibility index (Phi) is 4.66. The minimum atomic E-state index is -0.543. The van der Waals surface area contributed by atoms with Crippen molar-refractivity contribution < 1.29 is 14.3 Å². The Balaban J connectivity index is 1.73. The van der Waals surface area contributed by atoms with Gasteiger partial charge in [0, 0.05) is 18.0 Å². The first-order valence-electron chi connectivity index (χ1n) is 7.57. The average molecular weight is 343 g/mol. The van der Waals surface area contributed by atoms with Gasteiger partial charge in [0.1, 0.15) is 11.3 Å². The lowest BCUT2D eigenvalue weighted by atomic mass is 10.0. The number of hydrogen-bond donors (Lipinski definition) is 2. The van der Waals surface area contributed by atoms with Crippen LogP contribution >= 0.6 is 11.3 Å². The van der Waals surface area contributed by atoms with Gasteiger partial charge < -0.3 is 14.8 Å². The SMILES string of the molecule is Cc1c(CC(=O)NCCc2ccsc2)c(=O)oc2cc(O)ccc12. The van der Waals surface area contributed by atoms with E-state index in [-0.39, 0.29) is 18.1 Å². The highest BCUT2D eigenvalue weighted by Gasteiger charge is 2.15. The van der Waals surface area contributed by atoms with Gasteiger partial charge in [-0.25, -0.2) is 4.79 Å². The molecule has 0 radical (unpaired) electrons. The molecule has 0 saturated heterocycles. The Bertz CT molecular complexity index is 928. The highest BCUT2D eigenvalue weighted by molar-refractivity contribution is 7.07. The van der Waals surface area contributed by atoms with E-state index in [4.69, 9.17) is 4.42 Å². The van der Waals surface area contributed by atoms with Crippen LogP contribution in [0.3, 0.4) is 0 Å². The summed E-state index contributed by atoms with van der Waals surface area (Å²) in [5.74, 6) is -0.178. The maximum Gasteiger partial charge on any atom is 0.340 e. The Labute approximate surface area is 142 Å². The molecule has 0 unspecified atom stereocenters. The number of phenols is 1. The van der Waals surface area contributed by atoms with Gasteiger partial charge in [-0.3, -0.25) is 4.79 Å². The number of nitrogens with one attached hydrogen (secondary N) is 1. The maximum atomic E-state index is 12.1. The van der Waals surface area contributed by atoms with Gasteiger partial charge in [0.05, 0.1) is 12.0 Å². The van der Waals surface area contributed by atoms with Crippen molar-refractivity contribution in [2.24, 2.45) is 0 Å². The molecule has 1 aromatic carbocycles. The van der Waals surface area contributed by atoms with Crippen LogP contribution in [0.1, 0.15) is 16.7 Å². The first-order chi connectivity index (χ1) is 11.5. The molecule has 24 heavy (non-hydrogen) atoms. The van der Waals surface area contributed by atoms with Crippen molar-refractivity contribution in [3.05, 3.63) is 62.1 Å². The number of aryl methyl sites for hydroxylation is 1. The monoisotopic (exact) mass is 343 g/mol. The number of phenolic OH excluding ortho intramolecular Hbond substituents is 1. The zero-order valence-electron chi connectivity index (χ0n) is 13.2. The quantitative estimate of drug-likeness (QED) is 0.698. The van der Waals surface area contributed by atoms with Crippen LogP contribution in [0, 0.1) is 6.92 Å². The number of benzene rings is 1. The van der Waals surface area contributed by atoms with Gasteiger partial charge in [0.15, 0.2) is 0 Å². The molecule has 2 heterocycles. The zero-order chi connectivity index (χ0) is 17.1. The number of carbonyl (C=O) groups is 1. The second kappa shape index (κ2) is 6.88. The first-order valence-corrected chi connectivity index (χ1v) is 8.52. The molecule has 2 N–H and O–H groups in total. The van der Waals surface area contributed by atoms with Crippen LogP contribution in [-0.2, 0) is 17.6 Å². The normalized spacial score (nSPS) is 10.9. The molecule has 0 fully saturated rings. The van der Waals surface area contributed by atoms with Crippen molar-refractivity contribution in [2.45, 2.75) is 19.8 Å². The number of aromatic hydroxyl groups is 1. The van der Waals surface area contributed by atoms with Gasteiger partial charge in [0.25, 0.3) is 0 Å². The van der Waals surface area contributed by atoms with E-state index < -0.39 is 5.63 Å². The highest BCUT2D eigenvalue weighted by Crippen LogP contribution is 2.23. The lowest BCUT2D eigenvalue weighted by molar-refractivity contribution is -0.120. The molecule has 0 spiro atoms. The number of thiophene rings is 1. The summed E-state index contributed by atoms with van der Waals surface area (Å²) in [5.41, 5.74) is 2.01. The van der Waals surface area contributed by atoms with Crippen molar-refractivity contribution >= 4 is 28.2 Å². The van der Waals surface area contributed by atoms with E-state index >= 15 is 0 Å². The summed E-state index contributed by atoms with van der Waals surface area (Å²) in [7, 11) is 0. The summed E-state index contributed by atoms with van der Waals surface area (Å²) in [6.45, 7) is 2.31. The minimum absolute atomic E-state index is 0.0192. The molecular formula is C18H17NO4S. The van der Waals surface area contributed by atoms with Gasteiger partial charge in [-0.2, -0.15) is 11.3 Å². The lowest BCUT2D eigenvalue weighted by Gasteiger charge is -2.08. The third-order valence-electron chi connectivity index (χ3n) is 3.92. The Hall–Kier alpha value is -2.60. The number of fused-ring (bicyclic) bond motifs is 1. The van der Waals surface area contributed by atoms with Crippen molar-refractivity contribution in [1.29, 1.82) is 0 Å². The molecule has 0 atom stereocenters. The second-order valence-corrected chi connectivity index (χ2v) is 6.36. The molecule has 124 valence electrons. The molecular weight excluding hydrogens is 326 g/mol. The third kappa shape index (κ3) is 3.49. The fourth-order valence-electron chi connectivity index (χ4n) is 2.59. The predicted molar refractivity (Wildman–Crippen MR) is 93.6 cm³/mol. The largest absolute Gasteiger partial charge is 0.508 e. The van der Waals surface area contributed by atoms with Crippen LogP contribution in [0.2, 0.25) is 0 Å². The van der Waals surface area contributed by atoms with E-state index in [0.29, 0.717) is 28.6 Å². The topological polar surface area (TPSA) is 79.5 Å². The molecule has 5 nitrogen and oxygen atoms in total. The van der Waals surface area contributed by atoms with E-state index in [1.54, 1.807) is 24.3 Å². The van der Waals surface area contributed by atoms with Crippen LogP contribution in [0.15, 0.2) is 44.2 Å². The molecule has 0 saturated carbocycles. The summed E-state index contributed by atoms with van der Waals surface area (Å²) in [4.78, 5) is 24.2. The molecule has 3 aromatic rings. The van der Waals surface area contributed by atoms with Crippen molar-refractivity contribution in [2.75, 3.05) is 6.54 Å². The summed E-state index contributed by atoms with van der Waals surface area (Å²) >= 11 is 1.62. The smallest absolute Gasteiger partial charge is 0.340 e. The van der Waals surface area contributed by atoms with Crippen LogP contribution in [0.5, 0.6) is 5.75 Å². The zero-order valence-corrected chi connectivity index (χ0v) is 14.0. The average Bonchev–Trinajstić information content (AvgIpc) is 3.04. The van der Waals surface area contributed by atoms with E-state index in [0.717, 1.165) is 6.42 Å². The molecule has 0 aliphatic carbocycles. The van der Waals surface area contributed by atoms with Crippen LogP contribution in [0.25, 0.3) is 11.0 Å². The molecule has 1 amide bonds. The molecule has 2 aromatic heterocycles. The fourth-order valence-corrected chi connectivity index (χ4v) is 3.29. The summed E-state index contributed by atoms with van der Waals surface area (Å²) in [6, 6.07) is 6.63. The number of hydrogen-bond acceptors (Lipinski definition) is 5. The number of amides is 1. The van der Waals surface area contributed by atoms with Gasteiger partial charge >= 0.3 is 5.63 Å². The first kappa shape index (κ1) is 16.3. The third-order valence-corrected chi connectivity index (χ3v) is 4.66. The summed E-state index contributed by atoms with van der Waals surface area (Å²) in [5, 5.41) is 17.1.